The molecule has 3 unspecified atom stereocenters. The molecule has 0 aromatic carbocycles. The Morgan fingerprint density at radius 2 is 2.12 bits per heavy atom. The monoisotopic (exact) mass is 132 g/mol. The third kappa shape index (κ3) is 0.303. The molecule has 2 aliphatic rings. The van der Waals surface area contributed by atoms with E-state index in [4.69, 9.17) is 0 Å². The summed E-state index contributed by atoms with van der Waals surface area (Å²) in [5, 5.41) is 0.181. The van der Waals surface area contributed by atoms with Gasteiger partial charge >= 0.3 is 0 Å². The Morgan fingerprint density at radius 3 is 2.12 bits per heavy atom. The van der Waals surface area contributed by atoms with Crippen LogP contribution in [0.15, 0.2) is 0 Å². The molecule has 8 heavy (non-hydrogen) atoms. The van der Waals surface area contributed by atoms with Crippen molar-refractivity contribution in [1.82, 2.24) is 0 Å². The van der Waals surface area contributed by atoms with Crippen molar-refractivity contribution >= 4 is 9.84 Å². The van der Waals surface area contributed by atoms with Crippen LogP contribution >= 0.6 is 0 Å². The predicted octanol–water partition coefficient (Wildman–Crippen LogP) is 0.192. The number of rotatable bonds is 0. The third-order valence-electron chi connectivity index (χ3n) is 2.26. The molecular formula is C5H8O2S. The minimum absolute atomic E-state index is 0.0856. The molecule has 3 atom stereocenters. The van der Waals surface area contributed by atoms with Crippen LogP contribution in [0.4, 0.5) is 0 Å². The Labute approximate surface area is 48.8 Å². The van der Waals surface area contributed by atoms with Crippen molar-refractivity contribution in [3.8, 4) is 0 Å². The first kappa shape index (κ1) is 4.79. The van der Waals surface area contributed by atoms with E-state index in [1.54, 1.807) is 0 Å². The van der Waals surface area contributed by atoms with E-state index in [1.165, 1.54) is 0 Å². The second-order valence-electron chi connectivity index (χ2n) is 2.81. The van der Waals surface area contributed by atoms with Gasteiger partial charge in [-0.2, -0.15) is 0 Å². The summed E-state index contributed by atoms with van der Waals surface area (Å²) in [6.07, 6.45) is 0.924. The molecule has 0 amide bonds. The lowest BCUT2D eigenvalue weighted by Crippen LogP contribution is -2.19. The van der Waals surface area contributed by atoms with E-state index in [-0.39, 0.29) is 10.5 Å². The van der Waals surface area contributed by atoms with Crippen molar-refractivity contribution < 1.29 is 8.42 Å². The molecule has 1 saturated carbocycles. The zero-order chi connectivity index (χ0) is 5.94. The Morgan fingerprint density at radius 1 is 1.50 bits per heavy atom. The molecule has 3 heteroatoms. The van der Waals surface area contributed by atoms with Gasteiger partial charge in [0.05, 0.1) is 10.5 Å². The molecule has 0 aromatic heterocycles. The maximum atomic E-state index is 10.7. The highest BCUT2D eigenvalue weighted by molar-refractivity contribution is 8.00. The van der Waals surface area contributed by atoms with Gasteiger partial charge in [-0.05, 0) is 12.3 Å². The first-order valence-corrected chi connectivity index (χ1v) is 4.47. The maximum absolute atomic E-state index is 10.7. The van der Waals surface area contributed by atoms with E-state index in [2.05, 4.69) is 0 Å². The standard InChI is InChI=1S/C5H8O2S/c1-3-2-4-5(3)8(4,6)7/h3-5H,2H2,1H3. The molecule has 2 fully saturated rings. The quantitative estimate of drug-likeness (QED) is 0.441. The van der Waals surface area contributed by atoms with E-state index >= 15 is 0 Å². The number of fused-ring (bicyclic) bond motifs is 1. The molecule has 0 N–H and O–H groups in total. The van der Waals surface area contributed by atoms with Gasteiger partial charge < -0.3 is 0 Å². The molecule has 2 rings (SSSR count). The Hall–Kier alpha value is -0.0500. The number of hydrogen-bond acceptors (Lipinski definition) is 2. The van der Waals surface area contributed by atoms with Crippen LogP contribution in [0.25, 0.3) is 0 Å². The topological polar surface area (TPSA) is 34.1 Å². The molecule has 1 aliphatic carbocycles. The van der Waals surface area contributed by atoms with E-state index in [0.29, 0.717) is 5.92 Å². The highest BCUT2D eigenvalue weighted by Crippen LogP contribution is 2.53. The Balaban J connectivity index is 2.37. The summed E-state index contributed by atoms with van der Waals surface area (Å²) in [7, 11) is -2.51. The highest BCUT2D eigenvalue weighted by Gasteiger charge is 2.67. The van der Waals surface area contributed by atoms with Gasteiger partial charge in [0.15, 0.2) is 9.84 Å². The molecule has 2 nitrogen and oxygen atoms in total. The molecular weight excluding hydrogens is 124 g/mol. The lowest BCUT2D eigenvalue weighted by Gasteiger charge is -2.12. The van der Waals surface area contributed by atoms with Crippen molar-refractivity contribution in [2.45, 2.75) is 23.8 Å². The van der Waals surface area contributed by atoms with Gasteiger partial charge in [0, 0.05) is 0 Å². The summed E-state index contributed by atoms with van der Waals surface area (Å²) in [5.74, 6) is 0.463. The zero-order valence-corrected chi connectivity index (χ0v) is 5.48. The molecule has 0 bridgehead atoms. The van der Waals surface area contributed by atoms with Gasteiger partial charge in [-0.25, -0.2) is 8.42 Å². The normalized spacial score (nSPS) is 56.4. The van der Waals surface area contributed by atoms with Crippen molar-refractivity contribution in [3.63, 3.8) is 0 Å². The van der Waals surface area contributed by atoms with Crippen molar-refractivity contribution in [1.29, 1.82) is 0 Å². The first-order chi connectivity index (χ1) is 3.64. The summed E-state index contributed by atoms with van der Waals surface area (Å²) in [5.41, 5.74) is 0. The van der Waals surface area contributed by atoms with E-state index < -0.39 is 9.84 Å². The van der Waals surface area contributed by atoms with Crippen LogP contribution in [0.1, 0.15) is 13.3 Å². The van der Waals surface area contributed by atoms with Gasteiger partial charge in [-0.15, -0.1) is 0 Å². The molecule has 1 aliphatic heterocycles. The van der Waals surface area contributed by atoms with Gasteiger partial charge in [0.2, 0.25) is 0 Å². The highest BCUT2D eigenvalue weighted by atomic mass is 32.2. The van der Waals surface area contributed by atoms with Gasteiger partial charge in [-0.1, -0.05) is 6.92 Å². The van der Waals surface area contributed by atoms with Crippen LogP contribution in [0, 0.1) is 5.92 Å². The van der Waals surface area contributed by atoms with Gasteiger partial charge in [0.1, 0.15) is 0 Å². The predicted molar refractivity (Wildman–Crippen MR) is 30.3 cm³/mol. The second-order valence-corrected chi connectivity index (χ2v) is 5.13. The molecule has 1 saturated heterocycles. The SMILES string of the molecule is CC1CC2C1S2(=O)=O. The Kier molecular flexibility index (Phi) is 0.580. The van der Waals surface area contributed by atoms with E-state index in [1.807, 2.05) is 6.92 Å². The van der Waals surface area contributed by atoms with Crippen LogP contribution in [0.5, 0.6) is 0 Å². The van der Waals surface area contributed by atoms with Crippen LogP contribution < -0.4 is 0 Å². The number of sulfone groups is 1. The average molecular weight is 132 g/mol. The fraction of sp³-hybridized carbons (Fsp3) is 1.00. The van der Waals surface area contributed by atoms with Crippen LogP contribution in [0.3, 0.4) is 0 Å². The Bertz CT molecular complexity index is 217. The van der Waals surface area contributed by atoms with Gasteiger partial charge in [-0.3, -0.25) is 0 Å². The van der Waals surface area contributed by atoms with E-state index in [0.717, 1.165) is 6.42 Å². The summed E-state index contributed by atoms with van der Waals surface area (Å²) in [4.78, 5) is 0. The summed E-state index contributed by atoms with van der Waals surface area (Å²) in [6.45, 7) is 2.01. The first-order valence-electron chi connectivity index (χ1n) is 2.87. The van der Waals surface area contributed by atoms with Crippen LogP contribution in [-0.4, -0.2) is 18.9 Å². The van der Waals surface area contributed by atoms with Gasteiger partial charge in [0.25, 0.3) is 0 Å². The molecule has 0 aromatic rings. The zero-order valence-electron chi connectivity index (χ0n) is 4.66. The van der Waals surface area contributed by atoms with Crippen LogP contribution in [-0.2, 0) is 9.84 Å². The lowest BCUT2D eigenvalue weighted by atomic mass is 9.88. The number of hydrogen-bond donors (Lipinski definition) is 0. The second kappa shape index (κ2) is 0.967. The minimum Gasteiger partial charge on any atom is -0.228 e. The third-order valence-corrected chi connectivity index (χ3v) is 4.82. The average Bonchev–Trinajstić information content (AvgIpc) is 1.99. The minimum atomic E-state index is -2.51. The molecule has 0 radical (unpaired) electrons. The lowest BCUT2D eigenvalue weighted by molar-refractivity contribution is 0.429. The van der Waals surface area contributed by atoms with Crippen LogP contribution in [0.2, 0.25) is 0 Å². The largest absolute Gasteiger partial charge is 0.228 e. The fourth-order valence-corrected chi connectivity index (χ4v) is 4.28. The molecule has 0 spiro atoms. The molecule has 1 heterocycles. The van der Waals surface area contributed by atoms with E-state index in [9.17, 15) is 8.42 Å². The van der Waals surface area contributed by atoms with Crippen molar-refractivity contribution in [2.75, 3.05) is 0 Å². The fourth-order valence-electron chi connectivity index (χ4n) is 1.61. The van der Waals surface area contributed by atoms with Crippen molar-refractivity contribution in [3.05, 3.63) is 0 Å². The summed E-state index contributed by atoms with van der Waals surface area (Å²) < 4.78 is 21.4. The smallest absolute Gasteiger partial charge is 0.158 e. The summed E-state index contributed by atoms with van der Waals surface area (Å²) >= 11 is 0. The maximum Gasteiger partial charge on any atom is 0.158 e. The van der Waals surface area contributed by atoms with Crippen molar-refractivity contribution in [2.24, 2.45) is 5.92 Å². The summed E-state index contributed by atoms with van der Waals surface area (Å²) in [6, 6.07) is 0. The molecule has 46 valence electrons.